The van der Waals surface area contributed by atoms with Crippen LogP contribution in [0.5, 0.6) is 0 Å². The maximum absolute atomic E-state index is 11.2. The van der Waals surface area contributed by atoms with Crippen molar-refractivity contribution in [2.75, 3.05) is 70.9 Å². The third-order valence-corrected chi connectivity index (χ3v) is 30.9. The van der Waals surface area contributed by atoms with Gasteiger partial charge < -0.3 is 39.9 Å². The summed E-state index contributed by atoms with van der Waals surface area (Å²) in [6, 6.07) is 0.584. The number of unbranched alkanes of at least 4 members (excludes halogenated alkanes) is 9. The number of ketones is 1. The minimum atomic E-state index is -0.704. The Bertz CT molecular complexity index is 1260. The fraction of sp³-hybridized carbons (Fsp3) is 0.855. The van der Waals surface area contributed by atoms with Crippen LogP contribution in [0.2, 0.25) is 32.4 Å². The number of carbonyl (C=O) groups excluding carboxylic acids is 2. The van der Waals surface area contributed by atoms with Crippen LogP contribution in [0.4, 0.5) is 4.79 Å². The number of thioether (sulfide) groups is 4. The molecule has 0 rings (SSSR count). The second-order valence-electron chi connectivity index (χ2n) is 18.3. The molecule has 0 spiro atoms. The van der Waals surface area contributed by atoms with Gasteiger partial charge in [-0.3, -0.25) is 0 Å². The monoisotopic (exact) mass is 1580 g/mol. The number of thiocarbonyl (C=S) groups is 2. The van der Waals surface area contributed by atoms with Crippen molar-refractivity contribution in [2.45, 2.75) is 226 Å². The fourth-order valence-corrected chi connectivity index (χ4v) is 25.4. The molecule has 21 heteroatoms. The Kier molecular flexibility index (Phi) is 74.7. The number of Topliss-reactive ketones (excluding diaryl/α,β-unsaturated/α-hetero) is 1. The van der Waals surface area contributed by atoms with Crippen molar-refractivity contribution in [3.63, 3.8) is 0 Å². The average Bonchev–Trinajstić information content (AvgIpc) is 3.38. The third-order valence-electron chi connectivity index (χ3n) is 11.0. The first-order chi connectivity index (χ1) is 36.4. The quantitative estimate of drug-likeness (QED) is 0.0176. The van der Waals surface area contributed by atoms with Crippen LogP contribution in [0.3, 0.4) is 0 Å². The first-order valence-electron chi connectivity index (χ1n) is 27.1. The zero-order chi connectivity index (χ0) is 58.0. The van der Waals surface area contributed by atoms with Crippen LogP contribution in [0.15, 0.2) is 0 Å². The predicted molar refractivity (Wildman–Crippen MR) is 363 cm³/mol. The van der Waals surface area contributed by atoms with Crippen LogP contribution in [0, 0.1) is 10.8 Å². The van der Waals surface area contributed by atoms with E-state index in [1.165, 1.54) is 104 Å². The number of ether oxygens (including phenoxy) is 4. The zero-order valence-corrected chi connectivity index (χ0v) is 64.3. The standard InChI is InChI=1S/C16H33N3.C13H24O6.C13H24S6.C13H24Se6/c1-4-9-16(19-3)13-12-15(18)11-8-6-5-7-10-14(2)17;3*1-11(14)7-5-4-6-8-18-13(15)19-10-12(17-3)9-16-2/h16-19H,4-13H2,1-3H3;3*12H,4-10H2,1-3H3. The summed E-state index contributed by atoms with van der Waals surface area (Å²) in [6.07, 6.45) is 27.8. The second-order valence-corrected chi connectivity index (χ2v) is 39.4. The Hall–Kier alpha value is 2.60. The molecule has 4 atom stereocenters. The summed E-state index contributed by atoms with van der Waals surface area (Å²) >= 11 is 27.9. The van der Waals surface area contributed by atoms with Crippen molar-refractivity contribution in [3.05, 3.63) is 0 Å². The van der Waals surface area contributed by atoms with Crippen molar-refractivity contribution in [1.29, 1.82) is 10.8 Å². The van der Waals surface area contributed by atoms with Crippen LogP contribution < -0.4 is 5.32 Å². The molecule has 0 aliphatic heterocycles. The molecule has 0 fully saturated rings. The minimum absolute atomic E-state index is 0.105. The molecule has 0 aliphatic rings. The van der Waals surface area contributed by atoms with Crippen molar-refractivity contribution in [1.82, 2.24) is 5.32 Å². The van der Waals surface area contributed by atoms with E-state index in [0.717, 1.165) is 165 Å². The third kappa shape index (κ3) is 70.9. The Morgan fingerprint density at radius 2 is 1.34 bits per heavy atom. The molecule has 76 heavy (non-hydrogen) atoms. The molecule has 0 aromatic carbocycles. The molecule has 448 valence electrons. The molecule has 0 radical (unpaired) electrons. The first-order valence-corrected chi connectivity index (χ1v) is 44.0. The van der Waals surface area contributed by atoms with Gasteiger partial charge in [-0.05, 0) is 134 Å². The van der Waals surface area contributed by atoms with Gasteiger partial charge in [0.2, 0.25) is 0 Å². The van der Waals surface area contributed by atoms with Crippen LogP contribution in [0.25, 0.3) is 0 Å². The summed E-state index contributed by atoms with van der Waals surface area (Å²) in [5, 5.41) is 23.9. The Morgan fingerprint density at radius 1 is 0.711 bits per heavy atom. The van der Waals surface area contributed by atoms with Gasteiger partial charge in [0.15, 0.2) is 0 Å². The van der Waals surface area contributed by atoms with E-state index in [1.807, 2.05) is 67.9 Å². The molecule has 3 N–H and O–H groups in total. The molecule has 0 aromatic rings. The van der Waals surface area contributed by atoms with Crippen LogP contribution in [-0.4, -0.2) is 218 Å². The maximum atomic E-state index is 11.2. The van der Waals surface area contributed by atoms with Gasteiger partial charge in [0.25, 0.3) is 0 Å². The Morgan fingerprint density at radius 3 is 1.91 bits per heavy atom. The van der Waals surface area contributed by atoms with Gasteiger partial charge in [-0.15, -0.1) is 23.5 Å². The number of carbonyl (C=O) groups is 2. The summed E-state index contributed by atoms with van der Waals surface area (Å²) in [6.45, 7) is 10.7. The number of hydrogen-bond acceptors (Lipinski definition) is 15. The van der Waals surface area contributed by atoms with E-state index >= 15 is 0 Å². The number of methoxy groups -OCH3 is 2. The van der Waals surface area contributed by atoms with Gasteiger partial charge in [0, 0.05) is 54.9 Å². The van der Waals surface area contributed by atoms with Crippen molar-refractivity contribution in [2.24, 2.45) is 0 Å². The van der Waals surface area contributed by atoms with E-state index < -0.39 is 6.16 Å². The number of hydrogen-bond donors (Lipinski definition) is 3. The first kappa shape index (κ1) is 85.0. The molecule has 0 bridgehead atoms. The predicted octanol–water partition coefficient (Wildman–Crippen LogP) is 14.4. The molecular weight excluding hydrogens is 1460 g/mol. The summed E-state index contributed by atoms with van der Waals surface area (Å²) in [4.78, 5) is 24.1. The van der Waals surface area contributed by atoms with Crippen LogP contribution in [0.1, 0.15) is 176 Å². The van der Waals surface area contributed by atoms with E-state index in [9.17, 15) is 9.59 Å². The topological polar surface area (TPSA) is 131 Å². The molecular formula is C55H105N3O6S6Se6. The molecule has 9 nitrogen and oxygen atoms in total. The Balaban J connectivity index is -0.000000455. The molecule has 0 saturated carbocycles. The number of rotatable bonds is 48. The van der Waals surface area contributed by atoms with Crippen LogP contribution in [-0.2, 0) is 23.7 Å². The molecule has 0 heterocycles. The number of nitrogens with one attached hydrogen (secondary N) is 3. The van der Waals surface area contributed by atoms with E-state index in [-0.39, 0.29) is 18.5 Å². The fourth-order valence-electron chi connectivity index (χ4n) is 6.48. The Labute approximate surface area is 536 Å². The van der Waals surface area contributed by atoms with Gasteiger partial charge >= 0.3 is 169 Å². The molecule has 0 aliphatic carbocycles. The van der Waals surface area contributed by atoms with E-state index in [0.29, 0.717) is 25.7 Å². The van der Waals surface area contributed by atoms with Crippen molar-refractivity contribution >= 4 is 201 Å². The van der Waals surface area contributed by atoms with Crippen molar-refractivity contribution in [3.8, 4) is 0 Å². The van der Waals surface area contributed by atoms with Gasteiger partial charge in [0.05, 0.1) is 13.2 Å². The normalized spacial score (nSPS) is 12.3. The zero-order valence-electron chi connectivity index (χ0n) is 49.1. The SMILES string of the molecule is CCCC(CCC(=N)CCCCCCC(C)=N)NC.COCC(COC(=O)OCCCCCC(C)=O)OC.CSCC(CSC(=S)SCCCCCC(C)=S)SC.C[Se]CC(C[Se]C(=[Se])[Se]CCCCCC(C)=[Se])[Se]C. The molecule has 4 unspecified atom stereocenters. The van der Waals surface area contributed by atoms with Gasteiger partial charge in [-0.25, -0.2) is 4.79 Å². The second kappa shape index (κ2) is 66.7. The van der Waals surface area contributed by atoms with E-state index in [4.69, 9.17) is 54.2 Å². The van der Waals surface area contributed by atoms with E-state index in [2.05, 4.69) is 74.5 Å². The van der Waals surface area contributed by atoms with Crippen LogP contribution >= 0.6 is 71.5 Å². The van der Waals surface area contributed by atoms with Crippen molar-refractivity contribution < 1.29 is 28.5 Å². The summed E-state index contributed by atoms with van der Waals surface area (Å²) < 4.78 is 24.0. The van der Waals surface area contributed by atoms with Gasteiger partial charge in [0.1, 0.15) is 22.0 Å². The van der Waals surface area contributed by atoms with Gasteiger partial charge in [-0.2, -0.15) is 23.5 Å². The summed E-state index contributed by atoms with van der Waals surface area (Å²) in [5.74, 6) is 8.53. The molecule has 0 aromatic heterocycles. The van der Waals surface area contributed by atoms with Gasteiger partial charge in [-0.1, -0.05) is 57.0 Å². The summed E-state index contributed by atoms with van der Waals surface area (Å²) in [5.41, 5.74) is 1.71. The van der Waals surface area contributed by atoms with E-state index in [1.54, 1.807) is 16.2 Å². The average molecular weight is 1570 g/mol. The molecule has 0 saturated heterocycles. The molecule has 0 amide bonds. The summed E-state index contributed by atoms with van der Waals surface area (Å²) in [7, 11) is 5.09.